The van der Waals surface area contributed by atoms with E-state index >= 15 is 0 Å². The topological polar surface area (TPSA) is 61.8 Å². The van der Waals surface area contributed by atoms with Crippen LogP contribution in [0.25, 0.3) is 0 Å². The van der Waals surface area contributed by atoms with Gasteiger partial charge in [0.2, 0.25) is 0 Å². The summed E-state index contributed by atoms with van der Waals surface area (Å²) in [6.07, 6.45) is 63.3. The lowest BCUT2D eigenvalue weighted by Gasteiger charge is -2.18. The highest BCUT2D eigenvalue weighted by Gasteiger charge is 2.17. The molecule has 0 saturated heterocycles. The average molecular weight is 873 g/mol. The average Bonchev–Trinajstić information content (AvgIpc) is 3.27. The van der Waals surface area contributed by atoms with Gasteiger partial charge in [0, 0.05) is 19.4 Å². The first-order valence-electron chi connectivity index (χ1n) is 27.9. The minimum Gasteiger partial charge on any atom is -0.462 e. The molecular formula is C57H108O5. The summed E-state index contributed by atoms with van der Waals surface area (Å²) in [4.78, 5) is 25.4. The van der Waals surface area contributed by atoms with Gasteiger partial charge >= 0.3 is 11.9 Å². The van der Waals surface area contributed by atoms with Gasteiger partial charge in [0.25, 0.3) is 0 Å². The number of unbranched alkanes of at least 4 members (excludes halogenated alkanes) is 37. The van der Waals surface area contributed by atoms with Crippen molar-refractivity contribution in [2.24, 2.45) is 0 Å². The molecule has 0 radical (unpaired) electrons. The number of carbonyl (C=O) groups is 2. The second kappa shape index (κ2) is 53.7. The van der Waals surface area contributed by atoms with Gasteiger partial charge < -0.3 is 14.2 Å². The van der Waals surface area contributed by atoms with Gasteiger partial charge in [0.15, 0.2) is 6.10 Å². The molecule has 62 heavy (non-hydrogen) atoms. The number of esters is 2. The van der Waals surface area contributed by atoms with Gasteiger partial charge in [-0.15, -0.1) is 0 Å². The van der Waals surface area contributed by atoms with Gasteiger partial charge in [-0.05, 0) is 70.6 Å². The molecular weight excluding hydrogens is 765 g/mol. The summed E-state index contributed by atoms with van der Waals surface area (Å²) in [5.74, 6) is -0.385. The maximum atomic E-state index is 12.8. The van der Waals surface area contributed by atoms with Crippen molar-refractivity contribution in [3.05, 3.63) is 24.3 Å². The standard InChI is InChI=1S/C57H108O5/c1-4-7-10-13-16-19-22-24-26-28-29-30-31-33-36-38-41-44-47-50-56(58)61-54-55(62-57(59)51-48-45-42-39-35-21-18-15-12-9-6-3)53-60-52-49-46-43-40-37-34-32-27-25-23-20-17-14-11-8-5-2/h24-27,55H,4-23,28-54H2,1-3H3/b26-24-,27-25-. The van der Waals surface area contributed by atoms with E-state index in [1.165, 1.54) is 231 Å². The van der Waals surface area contributed by atoms with Crippen molar-refractivity contribution in [3.8, 4) is 0 Å². The predicted molar refractivity (Wildman–Crippen MR) is 270 cm³/mol. The second-order valence-electron chi connectivity index (χ2n) is 18.8. The second-order valence-corrected chi connectivity index (χ2v) is 18.8. The van der Waals surface area contributed by atoms with Crippen LogP contribution in [0.15, 0.2) is 24.3 Å². The summed E-state index contributed by atoms with van der Waals surface area (Å²) >= 11 is 0. The van der Waals surface area contributed by atoms with Gasteiger partial charge in [-0.25, -0.2) is 0 Å². The van der Waals surface area contributed by atoms with Gasteiger partial charge in [-0.3, -0.25) is 9.59 Å². The Balaban J connectivity index is 4.17. The zero-order valence-corrected chi connectivity index (χ0v) is 42.2. The third-order valence-corrected chi connectivity index (χ3v) is 12.5. The fourth-order valence-corrected chi connectivity index (χ4v) is 8.27. The Bertz CT molecular complexity index is 943. The Morgan fingerprint density at radius 1 is 0.339 bits per heavy atom. The van der Waals surface area contributed by atoms with E-state index in [4.69, 9.17) is 14.2 Å². The van der Waals surface area contributed by atoms with E-state index in [0.29, 0.717) is 19.4 Å². The molecule has 0 amide bonds. The first-order chi connectivity index (χ1) is 30.6. The van der Waals surface area contributed by atoms with E-state index < -0.39 is 6.10 Å². The van der Waals surface area contributed by atoms with Gasteiger partial charge in [-0.2, -0.15) is 0 Å². The van der Waals surface area contributed by atoms with Crippen LogP contribution in [0, 0.1) is 0 Å². The molecule has 366 valence electrons. The smallest absolute Gasteiger partial charge is 0.306 e. The van der Waals surface area contributed by atoms with E-state index in [-0.39, 0.29) is 25.2 Å². The monoisotopic (exact) mass is 873 g/mol. The molecule has 0 aliphatic carbocycles. The maximum absolute atomic E-state index is 12.8. The van der Waals surface area contributed by atoms with Crippen molar-refractivity contribution < 1.29 is 23.8 Å². The maximum Gasteiger partial charge on any atom is 0.306 e. The van der Waals surface area contributed by atoms with Crippen molar-refractivity contribution >= 4 is 11.9 Å². The number of ether oxygens (including phenoxy) is 3. The molecule has 0 fully saturated rings. The van der Waals surface area contributed by atoms with Crippen LogP contribution in [0.3, 0.4) is 0 Å². The molecule has 0 spiro atoms. The molecule has 0 N–H and O–H groups in total. The van der Waals surface area contributed by atoms with Crippen LogP contribution in [-0.4, -0.2) is 37.9 Å². The molecule has 5 heteroatoms. The first-order valence-corrected chi connectivity index (χ1v) is 27.9. The molecule has 1 atom stereocenters. The highest BCUT2D eigenvalue weighted by molar-refractivity contribution is 5.70. The fourth-order valence-electron chi connectivity index (χ4n) is 8.27. The molecule has 0 aliphatic rings. The Hall–Kier alpha value is -1.62. The van der Waals surface area contributed by atoms with Crippen LogP contribution in [0.4, 0.5) is 0 Å². The largest absolute Gasteiger partial charge is 0.462 e. The van der Waals surface area contributed by atoms with Crippen molar-refractivity contribution in [1.82, 2.24) is 0 Å². The van der Waals surface area contributed by atoms with Crippen molar-refractivity contribution in [2.45, 2.75) is 309 Å². The number of allylic oxidation sites excluding steroid dienone is 4. The summed E-state index contributed by atoms with van der Waals surface area (Å²) < 4.78 is 17.4. The minimum absolute atomic E-state index is 0.0884. The van der Waals surface area contributed by atoms with Crippen LogP contribution in [0.2, 0.25) is 0 Å². The van der Waals surface area contributed by atoms with Crippen LogP contribution in [0.1, 0.15) is 303 Å². The summed E-state index contributed by atoms with van der Waals surface area (Å²) in [5.41, 5.74) is 0. The summed E-state index contributed by atoms with van der Waals surface area (Å²) in [5, 5.41) is 0. The predicted octanol–water partition coefficient (Wildman–Crippen LogP) is 18.8. The van der Waals surface area contributed by atoms with Crippen LogP contribution in [0.5, 0.6) is 0 Å². The molecule has 0 saturated carbocycles. The lowest BCUT2D eigenvalue weighted by atomic mass is 10.1. The first kappa shape index (κ1) is 60.4. The minimum atomic E-state index is -0.533. The highest BCUT2D eigenvalue weighted by Crippen LogP contribution is 2.16. The van der Waals surface area contributed by atoms with Gasteiger partial charge in [0.1, 0.15) is 6.61 Å². The Morgan fingerprint density at radius 2 is 0.629 bits per heavy atom. The van der Waals surface area contributed by atoms with E-state index in [9.17, 15) is 9.59 Å². The molecule has 0 heterocycles. The Kier molecular flexibility index (Phi) is 52.3. The number of hydrogen-bond donors (Lipinski definition) is 0. The van der Waals surface area contributed by atoms with Gasteiger partial charge in [0.05, 0.1) is 6.61 Å². The van der Waals surface area contributed by atoms with Crippen LogP contribution in [-0.2, 0) is 23.8 Å². The van der Waals surface area contributed by atoms with Crippen molar-refractivity contribution in [2.75, 3.05) is 19.8 Å². The van der Waals surface area contributed by atoms with E-state index in [1.807, 2.05) is 0 Å². The van der Waals surface area contributed by atoms with Crippen LogP contribution < -0.4 is 0 Å². The molecule has 1 unspecified atom stereocenters. The molecule has 0 aromatic carbocycles. The lowest BCUT2D eigenvalue weighted by molar-refractivity contribution is -0.163. The summed E-state index contributed by atoms with van der Waals surface area (Å²) in [7, 11) is 0. The third-order valence-electron chi connectivity index (χ3n) is 12.5. The molecule has 0 bridgehead atoms. The third kappa shape index (κ3) is 51.0. The number of rotatable bonds is 52. The zero-order valence-electron chi connectivity index (χ0n) is 42.2. The van der Waals surface area contributed by atoms with E-state index in [1.54, 1.807) is 0 Å². The van der Waals surface area contributed by atoms with Crippen molar-refractivity contribution in [3.63, 3.8) is 0 Å². The van der Waals surface area contributed by atoms with E-state index in [2.05, 4.69) is 45.1 Å². The van der Waals surface area contributed by atoms with Gasteiger partial charge in [-0.1, -0.05) is 244 Å². The Morgan fingerprint density at radius 3 is 0.984 bits per heavy atom. The Labute approximate surface area is 387 Å². The quantitative estimate of drug-likeness (QED) is 0.0346. The molecule has 0 aliphatic heterocycles. The highest BCUT2D eigenvalue weighted by atomic mass is 16.6. The molecule has 0 aromatic heterocycles. The number of carbonyl (C=O) groups excluding carboxylic acids is 2. The zero-order chi connectivity index (χ0) is 44.9. The van der Waals surface area contributed by atoms with E-state index in [0.717, 1.165) is 38.5 Å². The molecule has 5 nitrogen and oxygen atoms in total. The fraction of sp³-hybridized carbons (Fsp3) is 0.895. The molecule has 0 rings (SSSR count). The van der Waals surface area contributed by atoms with Crippen LogP contribution >= 0.6 is 0 Å². The molecule has 0 aromatic rings. The SMILES string of the molecule is CCCCCCCC/C=C\CCCCCCCCCCCC(=O)OCC(COCCCCCCCC/C=C\CCCCCCCC)OC(=O)CCCCCCCCCCCCC. The summed E-state index contributed by atoms with van der Waals surface area (Å²) in [6, 6.07) is 0. The summed E-state index contributed by atoms with van der Waals surface area (Å²) in [6.45, 7) is 7.86. The lowest BCUT2D eigenvalue weighted by Crippen LogP contribution is -2.30. The normalized spacial score (nSPS) is 12.2. The number of hydrogen-bond acceptors (Lipinski definition) is 5. The van der Waals surface area contributed by atoms with Crippen molar-refractivity contribution in [1.29, 1.82) is 0 Å².